The summed E-state index contributed by atoms with van der Waals surface area (Å²) in [5, 5.41) is 0. The third-order valence-electron chi connectivity index (χ3n) is 2.09. The number of hydrogen-bond acceptors (Lipinski definition) is 3. The maximum absolute atomic E-state index is 13.6. The van der Waals surface area contributed by atoms with Crippen molar-refractivity contribution in [1.82, 2.24) is 0 Å². The standard InChI is InChI=1S/C12H15FO3S/c1-2-16-12(14)9-8-11(13)17(15)10-6-4-3-5-7-10/h3-7,11H,2,8-9H2,1H3. The molecule has 94 valence electrons. The molecule has 0 saturated heterocycles. The van der Waals surface area contributed by atoms with E-state index in [1.54, 1.807) is 37.3 Å². The second-order valence-corrected chi connectivity index (χ2v) is 4.94. The first-order valence-electron chi connectivity index (χ1n) is 5.40. The molecule has 0 heterocycles. The summed E-state index contributed by atoms with van der Waals surface area (Å²) in [5.41, 5.74) is -1.54. The number of hydrogen-bond donors (Lipinski definition) is 0. The topological polar surface area (TPSA) is 43.4 Å². The Morgan fingerprint density at radius 1 is 1.41 bits per heavy atom. The van der Waals surface area contributed by atoms with Crippen molar-refractivity contribution in [2.75, 3.05) is 6.61 Å². The summed E-state index contributed by atoms with van der Waals surface area (Å²) in [6.07, 6.45) is -0.131. The molecule has 1 aromatic rings. The monoisotopic (exact) mass is 258 g/mol. The fraction of sp³-hybridized carbons (Fsp3) is 0.417. The minimum absolute atomic E-state index is 0.0480. The number of rotatable bonds is 6. The zero-order valence-corrected chi connectivity index (χ0v) is 10.4. The van der Waals surface area contributed by atoms with Crippen molar-refractivity contribution in [3.05, 3.63) is 30.3 Å². The first-order valence-corrected chi connectivity index (χ1v) is 6.61. The molecule has 0 radical (unpaired) electrons. The molecular weight excluding hydrogens is 243 g/mol. The first-order chi connectivity index (χ1) is 8.15. The molecule has 5 heteroatoms. The van der Waals surface area contributed by atoms with Crippen molar-refractivity contribution in [2.24, 2.45) is 0 Å². The minimum atomic E-state index is -1.72. The quantitative estimate of drug-likeness (QED) is 0.736. The van der Waals surface area contributed by atoms with E-state index in [1.165, 1.54) is 0 Å². The number of carbonyl (C=O) groups is 1. The highest BCUT2D eigenvalue weighted by molar-refractivity contribution is 7.85. The predicted molar refractivity (Wildman–Crippen MR) is 63.6 cm³/mol. The second-order valence-electron chi connectivity index (χ2n) is 3.36. The van der Waals surface area contributed by atoms with Gasteiger partial charge in [-0.2, -0.15) is 0 Å². The number of carbonyl (C=O) groups excluding carboxylic acids is 1. The number of halogens is 1. The molecule has 1 rings (SSSR count). The highest BCUT2D eigenvalue weighted by atomic mass is 32.2. The molecule has 0 N–H and O–H groups in total. The van der Waals surface area contributed by atoms with Gasteiger partial charge in [-0.25, -0.2) is 4.39 Å². The van der Waals surface area contributed by atoms with Crippen LogP contribution in [0.1, 0.15) is 19.8 Å². The highest BCUT2D eigenvalue weighted by Crippen LogP contribution is 2.16. The third-order valence-corrected chi connectivity index (χ3v) is 3.53. The lowest BCUT2D eigenvalue weighted by Crippen LogP contribution is -2.13. The molecular formula is C12H15FO3S. The lowest BCUT2D eigenvalue weighted by molar-refractivity contribution is -0.143. The Hall–Kier alpha value is -1.23. The van der Waals surface area contributed by atoms with Crippen LogP contribution in [-0.2, 0) is 20.3 Å². The van der Waals surface area contributed by atoms with Gasteiger partial charge in [0.05, 0.1) is 17.4 Å². The SMILES string of the molecule is CCOC(=O)CCC(F)S(=O)c1ccccc1. The molecule has 0 aromatic heterocycles. The van der Waals surface area contributed by atoms with E-state index in [0.29, 0.717) is 4.90 Å². The van der Waals surface area contributed by atoms with E-state index < -0.39 is 22.3 Å². The molecule has 0 aliphatic carbocycles. The van der Waals surface area contributed by atoms with Gasteiger partial charge in [-0.1, -0.05) is 18.2 Å². The molecule has 0 aliphatic rings. The van der Waals surface area contributed by atoms with Crippen molar-refractivity contribution in [3.63, 3.8) is 0 Å². The van der Waals surface area contributed by atoms with Crippen molar-refractivity contribution in [3.8, 4) is 0 Å². The summed E-state index contributed by atoms with van der Waals surface area (Å²) in [6.45, 7) is 1.96. The smallest absolute Gasteiger partial charge is 0.305 e. The third kappa shape index (κ3) is 4.65. The van der Waals surface area contributed by atoms with Gasteiger partial charge in [0.1, 0.15) is 0 Å². The average Bonchev–Trinajstić information content (AvgIpc) is 2.36. The lowest BCUT2D eigenvalue weighted by atomic mass is 10.3. The molecule has 0 saturated carbocycles. The van der Waals surface area contributed by atoms with Gasteiger partial charge in [-0.3, -0.25) is 9.00 Å². The summed E-state index contributed by atoms with van der Waals surface area (Å²) in [5.74, 6) is -0.458. The van der Waals surface area contributed by atoms with Crippen molar-refractivity contribution < 1.29 is 18.1 Å². The van der Waals surface area contributed by atoms with Crippen LogP contribution in [0, 0.1) is 0 Å². The van der Waals surface area contributed by atoms with E-state index in [4.69, 9.17) is 0 Å². The zero-order valence-electron chi connectivity index (χ0n) is 9.60. The van der Waals surface area contributed by atoms with E-state index in [2.05, 4.69) is 4.74 Å². The molecule has 0 bridgehead atoms. The molecule has 0 fully saturated rings. The Morgan fingerprint density at radius 3 is 2.65 bits per heavy atom. The number of esters is 1. The normalized spacial score (nSPS) is 14.0. The van der Waals surface area contributed by atoms with Crippen LogP contribution in [0.4, 0.5) is 4.39 Å². The van der Waals surface area contributed by atoms with Crippen molar-refractivity contribution in [2.45, 2.75) is 30.2 Å². The maximum Gasteiger partial charge on any atom is 0.305 e. The van der Waals surface area contributed by atoms with Crippen LogP contribution < -0.4 is 0 Å². The average molecular weight is 258 g/mol. The Bertz CT molecular complexity index is 381. The van der Waals surface area contributed by atoms with Crippen LogP contribution in [0.3, 0.4) is 0 Å². The van der Waals surface area contributed by atoms with E-state index in [9.17, 15) is 13.4 Å². The van der Waals surface area contributed by atoms with Crippen LogP contribution in [-0.4, -0.2) is 22.3 Å². The fourth-order valence-corrected chi connectivity index (χ4v) is 2.33. The number of ether oxygens (including phenoxy) is 1. The summed E-state index contributed by atoms with van der Waals surface area (Å²) < 4.78 is 29.9. The van der Waals surface area contributed by atoms with Gasteiger partial charge in [0.15, 0.2) is 5.50 Å². The van der Waals surface area contributed by atoms with Crippen molar-refractivity contribution >= 4 is 16.8 Å². The Balaban J connectivity index is 2.45. The van der Waals surface area contributed by atoms with Crippen LogP contribution in [0.2, 0.25) is 0 Å². The van der Waals surface area contributed by atoms with Gasteiger partial charge in [-0.15, -0.1) is 0 Å². The minimum Gasteiger partial charge on any atom is -0.466 e. The summed E-state index contributed by atoms with van der Waals surface area (Å²) in [4.78, 5) is 11.5. The van der Waals surface area contributed by atoms with Gasteiger partial charge >= 0.3 is 5.97 Å². The summed E-state index contributed by atoms with van der Waals surface area (Å²) in [6, 6.07) is 8.38. The molecule has 0 aliphatic heterocycles. The first kappa shape index (κ1) is 13.8. The molecule has 2 atom stereocenters. The van der Waals surface area contributed by atoms with Gasteiger partial charge in [-0.05, 0) is 19.1 Å². The lowest BCUT2D eigenvalue weighted by Gasteiger charge is -2.07. The maximum atomic E-state index is 13.6. The van der Waals surface area contributed by atoms with E-state index in [0.717, 1.165) is 0 Å². The zero-order chi connectivity index (χ0) is 12.7. The van der Waals surface area contributed by atoms with Gasteiger partial charge < -0.3 is 4.74 Å². The molecule has 0 amide bonds. The van der Waals surface area contributed by atoms with E-state index >= 15 is 0 Å². The van der Waals surface area contributed by atoms with Crippen LogP contribution in [0.25, 0.3) is 0 Å². The van der Waals surface area contributed by atoms with Crippen molar-refractivity contribution in [1.29, 1.82) is 0 Å². The van der Waals surface area contributed by atoms with Gasteiger partial charge in [0.2, 0.25) is 0 Å². The Morgan fingerprint density at radius 2 is 2.06 bits per heavy atom. The fourth-order valence-electron chi connectivity index (χ4n) is 1.27. The number of alkyl halides is 1. The summed E-state index contributed by atoms with van der Waals surface area (Å²) >= 11 is 0. The van der Waals surface area contributed by atoms with Gasteiger partial charge in [0.25, 0.3) is 0 Å². The summed E-state index contributed by atoms with van der Waals surface area (Å²) in [7, 11) is -1.72. The molecule has 17 heavy (non-hydrogen) atoms. The Kier molecular flexibility index (Phi) is 5.83. The second kappa shape index (κ2) is 7.17. The molecule has 3 nitrogen and oxygen atoms in total. The van der Waals surface area contributed by atoms with Crippen LogP contribution in [0.5, 0.6) is 0 Å². The highest BCUT2D eigenvalue weighted by Gasteiger charge is 2.18. The molecule has 0 spiro atoms. The Labute approximate surface area is 102 Å². The predicted octanol–water partition coefficient (Wildman–Crippen LogP) is 2.43. The van der Waals surface area contributed by atoms with Crippen LogP contribution >= 0.6 is 0 Å². The largest absolute Gasteiger partial charge is 0.466 e. The molecule has 1 aromatic carbocycles. The molecule has 2 unspecified atom stereocenters. The number of benzene rings is 1. The van der Waals surface area contributed by atoms with Crippen LogP contribution in [0.15, 0.2) is 35.2 Å². The van der Waals surface area contributed by atoms with Gasteiger partial charge in [0, 0.05) is 17.7 Å². The van der Waals surface area contributed by atoms with E-state index in [1.807, 2.05) is 0 Å². The van der Waals surface area contributed by atoms with E-state index in [-0.39, 0.29) is 19.4 Å².